The van der Waals surface area contributed by atoms with E-state index in [1.165, 1.54) is 0 Å². The minimum absolute atomic E-state index is 0.0964. The van der Waals surface area contributed by atoms with Crippen LogP contribution in [0, 0.1) is 13.8 Å². The van der Waals surface area contributed by atoms with Crippen molar-refractivity contribution in [1.29, 1.82) is 0 Å². The van der Waals surface area contributed by atoms with Crippen molar-refractivity contribution in [2.75, 3.05) is 13.2 Å². The first-order valence-electron chi connectivity index (χ1n) is 6.80. The maximum absolute atomic E-state index is 11.9. The first-order valence-corrected chi connectivity index (χ1v) is 7.59. The molecular formula is C17H18BrNO2. The summed E-state index contributed by atoms with van der Waals surface area (Å²) >= 11 is 3.35. The number of hydrogen-bond acceptors (Lipinski definition) is 2. The molecule has 2 rings (SSSR count). The highest BCUT2D eigenvalue weighted by Gasteiger charge is 2.05. The Morgan fingerprint density at radius 2 is 2.00 bits per heavy atom. The van der Waals surface area contributed by atoms with E-state index in [1.807, 2.05) is 38.1 Å². The lowest BCUT2D eigenvalue weighted by molar-refractivity contribution is 0.0947. The smallest absolute Gasteiger partial charge is 0.251 e. The Hall–Kier alpha value is -1.81. The maximum atomic E-state index is 11.9. The molecule has 0 spiro atoms. The average Bonchev–Trinajstić information content (AvgIpc) is 2.46. The molecule has 0 aliphatic heterocycles. The highest BCUT2D eigenvalue weighted by Crippen LogP contribution is 2.18. The minimum Gasteiger partial charge on any atom is -0.491 e. The molecule has 0 atom stereocenters. The van der Waals surface area contributed by atoms with Crippen molar-refractivity contribution in [3.63, 3.8) is 0 Å². The molecule has 0 saturated heterocycles. The van der Waals surface area contributed by atoms with Crippen LogP contribution in [0.25, 0.3) is 0 Å². The van der Waals surface area contributed by atoms with Crippen molar-refractivity contribution in [2.24, 2.45) is 0 Å². The summed E-state index contributed by atoms with van der Waals surface area (Å²) in [6.07, 6.45) is 0. The van der Waals surface area contributed by atoms with E-state index in [-0.39, 0.29) is 5.91 Å². The Balaban J connectivity index is 1.82. The van der Waals surface area contributed by atoms with E-state index in [1.54, 1.807) is 12.1 Å². The molecule has 0 bridgehead atoms. The summed E-state index contributed by atoms with van der Waals surface area (Å²) in [5, 5.41) is 2.85. The Labute approximate surface area is 133 Å². The van der Waals surface area contributed by atoms with E-state index in [0.29, 0.717) is 18.7 Å². The van der Waals surface area contributed by atoms with Gasteiger partial charge in [-0.25, -0.2) is 0 Å². The summed E-state index contributed by atoms with van der Waals surface area (Å²) in [5.41, 5.74) is 2.89. The van der Waals surface area contributed by atoms with Crippen LogP contribution >= 0.6 is 15.9 Å². The molecule has 4 heteroatoms. The lowest BCUT2D eigenvalue weighted by Gasteiger charge is -2.10. The molecule has 2 aromatic carbocycles. The zero-order valence-corrected chi connectivity index (χ0v) is 13.7. The predicted molar refractivity (Wildman–Crippen MR) is 87.9 cm³/mol. The van der Waals surface area contributed by atoms with Crippen molar-refractivity contribution >= 4 is 21.8 Å². The summed E-state index contributed by atoms with van der Waals surface area (Å²) in [5.74, 6) is 0.771. The van der Waals surface area contributed by atoms with Gasteiger partial charge in [-0.05, 0) is 49.2 Å². The predicted octanol–water partition coefficient (Wildman–Crippen LogP) is 3.87. The van der Waals surface area contributed by atoms with Gasteiger partial charge in [0.15, 0.2) is 0 Å². The Morgan fingerprint density at radius 1 is 1.19 bits per heavy atom. The quantitative estimate of drug-likeness (QED) is 0.833. The molecule has 0 aliphatic rings. The molecule has 0 fully saturated rings. The monoisotopic (exact) mass is 347 g/mol. The first-order chi connectivity index (χ1) is 10.1. The van der Waals surface area contributed by atoms with Gasteiger partial charge in [-0.15, -0.1) is 0 Å². The zero-order valence-electron chi connectivity index (χ0n) is 12.2. The fourth-order valence-corrected chi connectivity index (χ4v) is 2.32. The number of rotatable bonds is 5. The molecule has 1 N–H and O–H groups in total. The van der Waals surface area contributed by atoms with E-state index in [9.17, 15) is 4.79 Å². The number of ether oxygens (including phenoxy) is 1. The zero-order chi connectivity index (χ0) is 15.2. The van der Waals surface area contributed by atoms with Gasteiger partial charge < -0.3 is 10.1 Å². The van der Waals surface area contributed by atoms with Crippen LogP contribution in [-0.4, -0.2) is 19.1 Å². The summed E-state index contributed by atoms with van der Waals surface area (Å²) in [6.45, 7) is 4.96. The number of benzene rings is 2. The molecule has 1 amide bonds. The van der Waals surface area contributed by atoms with Gasteiger partial charge in [0, 0.05) is 10.0 Å². The van der Waals surface area contributed by atoms with Crippen LogP contribution in [0.5, 0.6) is 5.75 Å². The van der Waals surface area contributed by atoms with E-state index < -0.39 is 0 Å². The molecule has 0 aliphatic carbocycles. The lowest BCUT2D eigenvalue weighted by Crippen LogP contribution is -2.28. The van der Waals surface area contributed by atoms with Crippen LogP contribution in [0.2, 0.25) is 0 Å². The van der Waals surface area contributed by atoms with Crippen LogP contribution in [0.1, 0.15) is 21.5 Å². The number of aryl methyl sites for hydroxylation is 2. The standard InChI is InChI=1S/C17H18BrNO2/c1-12-6-7-13(2)16(10-12)21-9-8-19-17(20)14-4-3-5-15(18)11-14/h3-7,10-11H,8-9H2,1-2H3,(H,19,20). The Morgan fingerprint density at radius 3 is 2.76 bits per heavy atom. The van der Waals surface area contributed by atoms with Gasteiger partial charge in [0.25, 0.3) is 5.91 Å². The second kappa shape index (κ2) is 7.27. The van der Waals surface area contributed by atoms with Gasteiger partial charge in [-0.1, -0.05) is 34.1 Å². The molecular weight excluding hydrogens is 330 g/mol. The highest BCUT2D eigenvalue weighted by atomic mass is 79.9. The summed E-state index contributed by atoms with van der Waals surface area (Å²) < 4.78 is 6.59. The van der Waals surface area contributed by atoms with Crippen molar-refractivity contribution in [1.82, 2.24) is 5.32 Å². The fourth-order valence-electron chi connectivity index (χ4n) is 1.92. The number of nitrogens with one attached hydrogen (secondary N) is 1. The molecule has 0 aromatic heterocycles. The molecule has 0 unspecified atom stereocenters. The van der Waals surface area contributed by atoms with Crippen LogP contribution in [0.4, 0.5) is 0 Å². The molecule has 3 nitrogen and oxygen atoms in total. The third-order valence-electron chi connectivity index (χ3n) is 3.08. The van der Waals surface area contributed by atoms with Gasteiger partial charge in [-0.2, -0.15) is 0 Å². The second-order valence-electron chi connectivity index (χ2n) is 4.88. The summed E-state index contributed by atoms with van der Waals surface area (Å²) in [6, 6.07) is 13.4. The summed E-state index contributed by atoms with van der Waals surface area (Å²) in [7, 11) is 0. The topological polar surface area (TPSA) is 38.3 Å². The normalized spacial score (nSPS) is 10.2. The van der Waals surface area contributed by atoms with Crippen molar-refractivity contribution in [3.8, 4) is 5.75 Å². The van der Waals surface area contributed by atoms with Crippen LogP contribution in [0.3, 0.4) is 0 Å². The minimum atomic E-state index is -0.0964. The molecule has 0 saturated carbocycles. The highest BCUT2D eigenvalue weighted by molar-refractivity contribution is 9.10. The fraction of sp³-hybridized carbons (Fsp3) is 0.235. The molecule has 110 valence electrons. The van der Waals surface area contributed by atoms with Gasteiger partial charge in [0.1, 0.15) is 12.4 Å². The lowest BCUT2D eigenvalue weighted by atomic mass is 10.1. The van der Waals surface area contributed by atoms with E-state index >= 15 is 0 Å². The second-order valence-corrected chi connectivity index (χ2v) is 5.80. The third kappa shape index (κ3) is 4.60. The third-order valence-corrected chi connectivity index (χ3v) is 3.57. The number of halogens is 1. The Kier molecular flexibility index (Phi) is 5.39. The SMILES string of the molecule is Cc1ccc(C)c(OCCNC(=O)c2cccc(Br)c2)c1. The van der Waals surface area contributed by atoms with Gasteiger partial charge >= 0.3 is 0 Å². The first kappa shape index (κ1) is 15.6. The maximum Gasteiger partial charge on any atom is 0.251 e. The van der Waals surface area contributed by atoms with Crippen molar-refractivity contribution in [2.45, 2.75) is 13.8 Å². The molecule has 2 aromatic rings. The summed E-state index contributed by atoms with van der Waals surface area (Å²) in [4.78, 5) is 11.9. The van der Waals surface area contributed by atoms with E-state index in [4.69, 9.17) is 4.74 Å². The molecule has 0 radical (unpaired) electrons. The van der Waals surface area contributed by atoms with Gasteiger partial charge in [-0.3, -0.25) is 4.79 Å². The van der Waals surface area contributed by atoms with E-state index in [2.05, 4.69) is 27.3 Å². The van der Waals surface area contributed by atoms with Crippen LogP contribution in [0.15, 0.2) is 46.9 Å². The molecule has 21 heavy (non-hydrogen) atoms. The Bertz CT molecular complexity index is 640. The number of amides is 1. The van der Waals surface area contributed by atoms with Crippen LogP contribution in [-0.2, 0) is 0 Å². The van der Waals surface area contributed by atoms with E-state index in [0.717, 1.165) is 21.3 Å². The average molecular weight is 348 g/mol. The molecule has 0 heterocycles. The van der Waals surface area contributed by atoms with Crippen LogP contribution < -0.4 is 10.1 Å². The van der Waals surface area contributed by atoms with Gasteiger partial charge in [0.05, 0.1) is 6.54 Å². The number of carbonyl (C=O) groups excluding carboxylic acids is 1. The number of hydrogen-bond donors (Lipinski definition) is 1. The largest absolute Gasteiger partial charge is 0.491 e. The van der Waals surface area contributed by atoms with Gasteiger partial charge in [0.2, 0.25) is 0 Å². The number of carbonyl (C=O) groups is 1. The van der Waals surface area contributed by atoms with Crippen molar-refractivity contribution in [3.05, 3.63) is 63.6 Å². The van der Waals surface area contributed by atoms with Crippen molar-refractivity contribution < 1.29 is 9.53 Å².